The zero-order valence-electron chi connectivity index (χ0n) is 13.3. The molecule has 0 fully saturated rings. The highest BCUT2D eigenvalue weighted by Crippen LogP contribution is 2.13. The zero-order valence-corrected chi connectivity index (χ0v) is 13.3. The number of hydrogen-bond donors (Lipinski definition) is 1. The van der Waals surface area contributed by atoms with Gasteiger partial charge in [-0.15, -0.1) is 0 Å². The highest BCUT2D eigenvalue weighted by atomic mass is 15.0. The summed E-state index contributed by atoms with van der Waals surface area (Å²) >= 11 is 0. The van der Waals surface area contributed by atoms with Crippen molar-refractivity contribution in [1.29, 1.82) is 0 Å². The maximum absolute atomic E-state index is 3.52. The second-order valence-corrected chi connectivity index (χ2v) is 6.73. The van der Waals surface area contributed by atoms with Crippen molar-refractivity contribution in [3.05, 3.63) is 58.9 Å². The van der Waals surface area contributed by atoms with Crippen LogP contribution in [0.2, 0.25) is 0 Å². The van der Waals surface area contributed by atoms with Crippen LogP contribution < -0.4 is 5.32 Å². The van der Waals surface area contributed by atoms with E-state index in [1.807, 2.05) is 0 Å². The van der Waals surface area contributed by atoms with E-state index in [9.17, 15) is 0 Å². The Bertz CT molecular complexity index is 573. The Balaban J connectivity index is 2.04. The Morgan fingerprint density at radius 3 is 2.55 bits per heavy atom. The summed E-state index contributed by atoms with van der Waals surface area (Å²) in [5.41, 5.74) is 5.59. The van der Waals surface area contributed by atoms with Crippen molar-refractivity contribution >= 4 is 0 Å². The molecule has 0 atom stereocenters. The lowest BCUT2D eigenvalue weighted by Crippen LogP contribution is -2.34. The second-order valence-electron chi connectivity index (χ2n) is 6.73. The van der Waals surface area contributed by atoms with Gasteiger partial charge in [-0.25, -0.2) is 0 Å². The van der Waals surface area contributed by atoms with Gasteiger partial charge in [-0.2, -0.15) is 0 Å². The van der Waals surface area contributed by atoms with Gasteiger partial charge in [0.15, 0.2) is 0 Å². The molecule has 2 heteroatoms. The first kappa shape index (κ1) is 14.9. The molecule has 0 radical (unpaired) electrons. The molecule has 2 aromatic rings. The molecule has 1 N–H and O–H groups in total. The maximum Gasteiger partial charge on any atom is 0.0473 e. The summed E-state index contributed by atoms with van der Waals surface area (Å²) in [5.74, 6) is 0. The lowest BCUT2D eigenvalue weighted by molar-refractivity contribution is 0.424. The third-order valence-corrected chi connectivity index (χ3v) is 3.49. The van der Waals surface area contributed by atoms with E-state index < -0.39 is 0 Å². The van der Waals surface area contributed by atoms with Crippen molar-refractivity contribution in [1.82, 2.24) is 9.88 Å². The van der Waals surface area contributed by atoms with E-state index in [0.29, 0.717) is 0 Å². The molecule has 108 valence electrons. The van der Waals surface area contributed by atoms with E-state index in [1.165, 1.54) is 22.3 Å². The molecule has 0 unspecified atom stereocenters. The van der Waals surface area contributed by atoms with Gasteiger partial charge in [-0.1, -0.05) is 23.8 Å². The smallest absolute Gasteiger partial charge is 0.0473 e. The molecular formula is C18H26N2. The molecule has 1 aromatic carbocycles. The number of rotatable bonds is 4. The van der Waals surface area contributed by atoms with Crippen LogP contribution in [0.5, 0.6) is 0 Å². The van der Waals surface area contributed by atoms with Gasteiger partial charge in [-0.3, -0.25) is 0 Å². The molecule has 0 bridgehead atoms. The van der Waals surface area contributed by atoms with Gasteiger partial charge in [0.25, 0.3) is 0 Å². The monoisotopic (exact) mass is 270 g/mol. The third kappa shape index (κ3) is 4.24. The summed E-state index contributed by atoms with van der Waals surface area (Å²) in [7, 11) is 0. The number of benzene rings is 1. The fourth-order valence-electron chi connectivity index (χ4n) is 2.23. The third-order valence-electron chi connectivity index (χ3n) is 3.49. The van der Waals surface area contributed by atoms with Gasteiger partial charge >= 0.3 is 0 Å². The Labute approximate surface area is 122 Å². The van der Waals surface area contributed by atoms with Crippen LogP contribution in [0.4, 0.5) is 0 Å². The first-order valence-electron chi connectivity index (χ1n) is 7.29. The largest absolute Gasteiger partial charge is 0.350 e. The highest BCUT2D eigenvalue weighted by Gasteiger charge is 2.09. The van der Waals surface area contributed by atoms with Crippen LogP contribution in [0.1, 0.15) is 43.0 Å². The average Bonchev–Trinajstić information content (AvgIpc) is 2.78. The van der Waals surface area contributed by atoms with Crippen LogP contribution in [0.3, 0.4) is 0 Å². The molecule has 0 aliphatic rings. The Hall–Kier alpha value is -1.54. The molecule has 0 aliphatic carbocycles. The van der Waals surface area contributed by atoms with Crippen molar-refractivity contribution in [2.45, 2.75) is 53.2 Å². The maximum atomic E-state index is 3.52. The second kappa shape index (κ2) is 5.84. The summed E-state index contributed by atoms with van der Waals surface area (Å²) in [4.78, 5) is 0. The average molecular weight is 270 g/mol. The Kier molecular flexibility index (Phi) is 4.34. The minimum Gasteiger partial charge on any atom is -0.350 e. The molecule has 0 spiro atoms. The van der Waals surface area contributed by atoms with E-state index in [0.717, 1.165) is 13.1 Å². The first-order valence-corrected chi connectivity index (χ1v) is 7.29. The predicted molar refractivity (Wildman–Crippen MR) is 86.0 cm³/mol. The van der Waals surface area contributed by atoms with E-state index in [-0.39, 0.29) is 5.54 Å². The van der Waals surface area contributed by atoms with Crippen LogP contribution in [0, 0.1) is 13.8 Å². The number of nitrogens with zero attached hydrogens (tertiary/aromatic N) is 1. The normalized spacial score (nSPS) is 11.8. The van der Waals surface area contributed by atoms with Gasteiger partial charge in [0, 0.05) is 31.0 Å². The molecular weight excluding hydrogens is 244 g/mol. The van der Waals surface area contributed by atoms with Crippen molar-refractivity contribution < 1.29 is 0 Å². The summed E-state index contributed by atoms with van der Waals surface area (Å²) in [6.07, 6.45) is 4.40. The Morgan fingerprint density at radius 2 is 1.85 bits per heavy atom. The fourth-order valence-corrected chi connectivity index (χ4v) is 2.23. The first-order chi connectivity index (χ1) is 9.33. The van der Waals surface area contributed by atoms with Crippen LogP contribution >= 0.6 is 0 Å². The summed E-state index contributed by atoms with van der Waals surface area (Å²) in [6, 6.07) is 8.86. The summed E-state index contributed by atoms with van der Waals surface area (Å²) in [6.45, 7) is 12.8. The zero-order chi connectivity index (χ0) is 14.8. The van der Waals surface area contributed by atoms with E-state index >= 15 is 0 Å². The molecule has 2 nitrogen and oxygen atoms in total. The van der Waals surface area contributed by atoms with Crippen molar-refractivity contribution in [2.24, 2.45) is 0 Å². The molecule has 0 aliphatic heterocycles. The van der Waals surface area contributed by atoms with Gasteiger partial charge in [0.1, 0.15) is 0 Å². The molecule has 20 heavy (non-hydrogen) atoms. The number of hydrogen-bond acceptors (Lipinski definition) is 1. The van der Waals surface area contributed by atoms with E-state index in [2.05, 4.69) is 81.2 Å². The van der Waals surface area contributed by atoms with Gasteiger partial charge in [-0.05, 0) is 57.4 Å². The molecule has 2 rings (SSSR count). The SMILES string of the molecule is Cc1ccc(C)c(Cn2ccc(CNC(C)(C)C)c2)c1. The van der Waals surface area contributed by atoms with Gasteiger partial charge in [0.2, 0.25) is 0 Å². The topological polar surface area (TPSA) is 17.0 Å². The summed E-state index contributed by atoms with van der Waals surface area (Å²) < 4.78 is 2.27. The molecule has 0 amide bonds. The summed E-state index contributed by atoms with van der Waals surface area (Å²) in [5, 5.41) is 3.52. The van der Waals surface area contributed by atoms with Crippen molar-refractivity contribution in [3.63, 3.8) is 0 Å². The lowest BCUT2D eigenvalue weighted by atomic mass is 10.1. The van der Waals surface area contributed by atoms with Gasteiger partial charge < -0.3 is 9.88 Å². The van der Waals surface area contributed by atoms with Crippen LogP contribution in [0.15, 0.2) is 36.7 Å². The van der Waals surface area contributed by atoms with Crippen LogP contribution in [-0.2, 0) is 13.1 Å². The molecule has 0 saturated carbocycles. The molecule has 1 heterocycles. The van der Waals surface area contributed by atoms with Crippen LogP contribution in [0.25, 0.3) is 0 Å². The predicted octanol–water partition coefficient (Wildman–Crippen LogP) is 4.04. The molecule has 0 saturated heterocycles. The Morgan fingerprint density at radius 1 is 1.10 bits per heavy atom. The quantitative estimate of drug-likeness (QED) is 0.887. The van der Waals surface area contributed by atoms with Gasteiger partial charge in [0.05, 0.1) is 0 Å². The van der Waals surface area contributed by atoms with Crippen LogP contribution in [-0.4, -0.2) is 10.1 Å². The minimum absolute atomic E-state index is 0.162. The fraction of sp³-hybridized carbons (Fsp3) is 0.444. The van der Waals surface area contributed by atoms with E-state index in [1.54, 1.807) is 0 Å². The number of nitrogens with one attached hydrogen (secondary N) is 1. The minimum atomic E-state index is 0.162. The van der Waals surface area contributed by atoms with Crippen molar-refractivity contribution in [3.8, 4) is 0 Å². The standard InChI is InChI=1S/C18H26N2/c1-14-6-7-15(2)17(10-14)13-20-9-8-16(12-20)11-19-18(3,4)5/h6-10,12,19H,11,13H2,1-5H3. The number of aromatic nitrogens is 1. The lowest BCUT2D eigenvalue weighted by Gasteiger charge is -2.19. The molecule has 1 aromatic heterocycles. The highest BCUT2D eigenvalue weighted by molar-refractivity contribution is 5.31. The van der Waals surface area contributed by atoms with E-state index in [4.69, 9.17) is 0 Å². The number of aryl methyl sites for hydroxylation is 2. The van der Waals surface area contributed by atoms with Crippen molar-refractivity contribution in [2.75, 3.05) is 0 Å².